The molecule has 0 heterocycles. The molecule has 0 amide bonds. The number of carbonyl (C=O) groups is 1. The summed E-state index contributed by atoms with van der Waals surface area (Å²) in [4.78, 5) is 12.1. The highest BCUT2D eigenvalue weighted by Crippen LogP contribution is 2.22. The van der Waals surface area contributed by atoms with E-state index in [1.54, 1.807) is 0 Å². The second-order valence-corrected chi connectivity index (χ2v) is 4.62. The first-order valence-electron chi connectivity index (χ1n) is 6.49. The molecule has 0 spiro atoms. The summed E-state index contributed by atoms with van der Waals surface area (Å²) in [5, 5.41) is 0. The molecule has 2 nitrogen and oxygen atoms in total. The van der Waals surface area contributed by atoms with Crippen LogP contribution in [0.4, 0.5) is 0 Å². The molecule has 0 radical (unpaired) electrons. The molecule has 1 unspecified atom stereocenters. The van der Waals surface area contributed by atoms with E-state index in [9.17, 15) is 4.79 Å². The van der Waals surface area contributed by atoms with Crippen molar-refractivity contribution < 1.29 is 9.53 Å². The molecule has 0 bridgehead atoms. The van der Waals surface area contributed by atoms with E-state index in [1.165, 1.54) is 0 Å². The molecule has 0 aliphatic heterocycles. The predicted octanol–water partition coefficient (Wildman–Crippen LogP) is 4.09. The lowest BCUT2D eigenvalue weighted by Gasteiger charge is -2.17. The molecular formula is C17H18O2. The average molecular weight is 254 g/mol. The summed E-state index contributed by atoms with van der Waals surface area (Å²) >= 11 is 0. The van der Waals surface area contributed by atoms with Crippen LogP contribution in [0.1, 0.15) is 37.0 Å². The monoisotopic (exact) mass is 254 g/mol. The topological polar surface area (TPSA) is 26.3 Å². The molecule has 0 saturated carbocycles. The predicted molar refractivity (Wildman–Crippen MR) is 75.8 cm³/mol. The molecule has 0 aliphatic rings. The van der Waals surface area contributed by atoms with Gasteiger partial charge in [-0.2, -0.15) is 0 Å². The minimum Gasteiger partial charge on any atom is -0.457 e. The number of benzene rings is 2. The maximum absolute atomic E-state index is 12.1. The average Bonchev–Trinajstić information content (AvgIpc) is 2.48. The van der Waals surface area contributed by atoms with Gasteiger partial charge in [0.15, 0.2) is 0 Å². The molecule has 2 aromatic rings. The van der Waals surface area contributed by atoms with Crippen molar-refractivity contribution in [1.29, 1.82) is 0 Å². The Kier molecular flexibility index (Phi) is 4.35. The molecule has 2 heteroatoms. The summed E-state index contributed by atoms with van der Waals surface area (Å²) in [5.41, 5.74) is 1.99. The molecule has 19 heavy (non-hydrogen) atoms. The van der Waals surface area contributed by atoms with Crippen LogP contribution in [-0.2, 0) is 9.53 Å². The summed E-state index contributed by atoms with van der Waals surface area (Å²) < 4.78 is 5.51. The van der Waals surface area contributed by atoms with Gasteiger partial charge in [-0.3, -0.25) is 4.79 Å². The highest BCUT2D eigenvalue weighted by molar-refractivity contribution is 5.77. The van der Waals surface area contributed by atoms with Gasteiger partial charge >= 0.3 is 5.97 Å². The van der Waals surface area contributed by atoms with Crippen LogP contribution >= 0.6 is 0 Å². The van der Waals surface area contributed by atoms with E-state index in [-0.39, 0.29) is 18.0 Å². The molecule has 98 valence electrons. The molecule has 0 saturated heterocycles. The normalized spacial score (nSPS) is 13.6. The van der Waals surface area contributed by atoms with Crippen LogP contribution in [-0.4, -0.2) is 5.97 Å². The Bertz CT molecular complexity index is 519. The lowest BCUT2D eigenvalue weighted by Crippen LogP contribution is -2.15. The first kappa shape index (κ1) is 13.3. The van der Waals surface area contributed by atoms with Gasteiger partial charge in [-0.1, -0.05) is 60.7 Å². The third-order valence-electron chi connectivity index (χ3n) is 3.22. The SMILES string of the molecule is CC(C(=O)O[C@@H](C)c1ccccc1)c1ccccc1. The Hall–Kier alpha value is -2.09. The van der Waals surface area contributed by atoms with E-state index in [0.717, 1.165) is 11.1 Å². The molecule has 0 fully saturated rings. The standard InChI is InChI=1S/C17H18O2/c1-13(15-9-5-3-6-10-15)17(18)19-14(2)16-11-7-4-8-12-16/h3-14H,1-2H3/t13?,14-/m0/s1. The fraction of sp³-hybridized carbons (Fsp3) is 0.235. The Morgan fingerprint density at radius 1 is 0.842 bits per heavy atom. The van der Waals surface area contributed by atoms with Gasteiger partial charge in [0.05, 0.1) is 5.92 Å². The minimum absolute atomic E-state index is 0.192. The van der Waals surface area contributed by atoms with E-state index >= 15 is 0 Å². The van der Waals surface area contributed by atoms with Gasteiger partial charge in [0.2, 0.25) is 0 Å². The largest absolute Gasteiger partial charge is 0.457 e. The number of hydrogen-bond acceptors (Lipinski definition) is 2. The molecule has 2 aromatic carbocycles. The summed E-state index contributed by atoms with van der Waals surface area (Å²) in [6.07, 6.45) is -0.222. The fourth-order valence-corrected chi connectivity index (χ4v) is 1.95. The van der Waals surface area contributed by atoms with Gasteiger partial charge < -0.3 is 4.74 Å². The third kappa shape index (κ3) is 3.44. The number of esters is 1. The summed E-state index contributed by atoms with van der Waals surface area (Å²) in [6.45, 7) is 3.76. The number of hydrogen-bond donors (Lipinski definition) is 0. The number of carbonyl (C=O) groups excluding carboxylic acids is 1. The molecule has 2 rings (SSSR count). The lowest BCUT2D eigenvalue weighted by molar-refractivity contribution is -0.150. The van der Waals surface area contributed by atoms with Crippen LogP contribution in [0.5, 0.6) is 0 Å². The number of ether oxygens (including phenoxy) is 1. The van der Waals surface area contributed by atoms with E-state index in [4.69, 9.17) is 4.74 Å². The van der Waals surface area contributed by atoms with Crippen LogP contribution in [0.2, 0.25) is 0 Å². The maximum Gasteiger partial charge on any atom is 0.313 e. The highest BCUT2D eigenvalue weighted by atomic mass is 16.5. The van der Waals surface area contributed by atoms with Crippen LogP contribution in [0, 0.1) is 0 Å². The smallest absolute Gasteiger partial charge is 0.313 e. The van der Waals surface area contributed by atoms with Gasteiger partial charge in [0.1, 0.15) is 6.10 Å². The van der Waals surface area contributed by atoms with Gasteiger partial charge in [0.25, 0.3) is 0 Å². The van der Waals surface area contributed by atoms with Crippen LogP contribution in [0.25, 0.3) is 0 Å². The zero-order chi connectivity index (χ0) is 13.7. The van der Waals surface area contributed by atoms with Gasteiger partial charge in [-0.15, -0.1) is 0 Å². The molecule has 0 aliphatic carbocycles. The van der Waals surface area contributed by atoms with Crippen molar-refractivity contribution in [1.82, 2.24) is 0 Å². The van der Waals surface area contributed by atoms with Crippen molar-refractivity contribution in [3.8, 4) is 0 Å². The fourth-order valence-electron chi connectivity index (χ4n) is 1.95. The second kappa shape index (κ2) is 6.19. The second-order valence-electron chi connectivity index (χ2n) is 4.62. The van der Waals surface area contributed by atoms with Crippen molar-refractivity contribution in [3.05, 3.63) is 71.8 Å². The van der Waals surface area contributed by atoms with Crippen LogP contribution < -0.4 is 0 Å². The van der Waals surface area contributed by atoms with Crippen molar-refractivity contribution in [3.63, 3.8) is 0 Å². The highest BCUT2D eigenvalue weighted by Gasteiger charge is 2.19. The Labute approximate surface area is 114 Å². The molecule has 0 N–H and O–H groups in total. The van der Waals surface area contributed by atoms with Gasteiger partial charge in [0, 0.05) is 0 Å². The van der Waals surface area contributed by atoms with Crippen molar-refractivity contribution >= 4 is 5.97 Å². The maximum atomic E-state index is 12.1. The minimum atomic E-state index is -0.243. The van der Waals surface area contributed by atoms with Crippen LogP contribution in [0.15, 0.2) is 60.7 Å². The van der Waals surface area contributed by atoms with E-state index in [1.807, 2.05) is 74.5 Å². The summed E-state index contributed by atoms with van der Waals surface area (Å²) in [7, 11) is 0. The molecule has 2 atom stereocenters. The first-order chi connectivity index (χ1) is 9.18. The quantitative estimate of drug-likeness (QED) is 0.768. The molecular weight excluding hydrogens is 236 g/mol. The summed E-state index contributed by atoms with van der Waals surface area (Å²) in [5.74, 6) is -0.435. The van der Waals surface area contributed by atoms with E-state index in [0.29, 0.717) is 0 Å². The summed E-state index contributed by atoms with van der Waals surface area (Å²) in [6, 6.07) is 19.5. The van der Waals surface area contributed by atoms with E-state index in [2.05, 4.69) is 0 Å². The first-order valence-corrected chi connectivity index (χ1v) is 6.49. The van der Waals surface area contributed by atoms with Crippen molar-refractivity contribution in [2.24, 2.45) is 0 Å². The lowest BCUT2D eigenvalue weighted by atomic mass is 10.0. The Morgan fingerprint density at radius 2 is 1.32 bits per heavy atom. The number of rotatable bonds is 4. The Balaban J connectivity index is 2.02. The van der Waals surface area contributed by atoms with Crippen molar-refractivity contribution in [2.45, 2.75) is 25.9 Å². The van der Waals surface area contributed by atoms with Crippen LogP contribution in [0.3, 0.4) is 0 Å². The third-order valence-corrected chi connectivity index (χ3v) is 3.22. The van der Waals surface area contributed by atoms with E-state index < -0.39 is 0 Å². The van der Waals surface area contributed by atoms with Gasteiger partial charge in [-0.05, 0) is 25.0 Å². The molecule has 0 aromatic heterocycles. The zero-order valence-corrected chi connectivity index (χ0v) is 11.2. The Morgan fingerprint density at radius 3 is 1.84 bits per heavy atom. The zero-order valence-electron chi connectivity index (χ0n) is 11.2. The van der Waals surface area contributed by atoms with Crippen molar-refractivity contribution in [2.75, 3.05) is 0 Å². The van der Waals surface area contributed by atoms with Gasteiger partial charge in [-0.25, -0.2) is 0 Å².